The maximum atomic E-state index is 12.3. The fraction of sp³-hybridized carbons (Fsp3) is 0.867. The van der Waals surface area contributed by atoms with Crippen LogP contribution in [0.3, 0.4) is 0 Å². The van der Waals surface area contributed by atoms with Gasteiger partial charge < -0.3 is 15.5 Å². The van der Waals surface area contributed by atoms with Crippen molar-refractivity contribution in [1.82, 2.24) is 15.5 Å². The van der Waals surface area contributed by atoms with Gasteiger partial charge in [0.15, 0.2) is 0 Å². The lowest BCUT2D eigenvalue weighted by Crippen LogP contribution is -2.49. The largest absolute Gasteiger partial charge is 0.353 e. The lowest BCUT2D eigenvalue weighted by atomic mass is 9.91. The third-order valence-electron chi connectivity index (χ3n) is 3.21. The molecular weight excluding hydrogens is 286 g/mol. The first-order valence-electron chi connectivity index (χ1n) is 7.71. The van der Waals surface area contributed by atoms with Crippen LogP contribution in [0.15, 0.2) is 0 Å². The van der Waals surface area contributed by atoms with Crippen LogP contribution in [0.1, 0.15) is 40.5 Å². The van der Waals surface area contributed by atoms with E-state index in [-0.39, 0.29) is 23.3 Å². The lowest BCUT2D eigenvalue weighted by Gasteiger charge is -2.26. The van der Waals surface area contributed by atoms with Crippen LogP contribution in [0.5, 0.6) is 0 Å². The highest BCUT2D eigenvalue weighted by molar-refractivity contribution is 7.99. The number of rotatable bonds is 7. The van der Waals surface area contributed by atoms with Gasteiger partial charge in [-0.15, -0.1) is 11.8 Å². The van der Waals surface area contributed by atoms with Crippen molar-refractivity contribution in [2.24, 2.45) is 5.41 Å². The molecule has 1 fully saturated rings. The fourth-order valence-corrected chi connectivity index (χ4v) is 3.34. The molecule has 1 heterocycles. The molecule has 0 aromatic rings. The van der Waals surface area contributed by atoms with E-state index in [1.807, 2.05) is 20.8 Å². The zero-order valence-corrected chi connectivity index (χ0v) is 14.5. The van der Waals surface area contributed by atoms with Crippen molar-refractivity contribution in [1.29, 1.82) is 0 Å². The summed E-state index contributed by atoms with van der Waals surface area (Å²) in [5.74, 6) is 1.38. The van der Waals surface area contributed by atoms with Gasteiger partial charge >= 0.3 is 0 Å². The summed E-state index contributed by atoms with van der Waals surface area (Å²) in [7, 11) is 0. The third-order valence-corrected chi connectivity index (χ3v) is 4.23. The molecule has 1 saturated heterocycles. The Labute approximate surface area is 132 Å². The predicted octanol–water partition coefficient (Wildman–Crippen LogP) is 1.44. The average molecular weight is 315 g/mol. The summed E-state index contributed by atoms with van der Waals surface area (Å²) < 4.78 is 0. The molecule has 1 aliphatic heterocycles. The zero-order valence-electron chi connectivity index (χ0n) is 13.7. The van der Waals surface area contributed by atoms with Gasteiger partial charge in [-0.25, -0.2) is 0 Å². The van der Waals surface area contributed by atoms with Crippen molar-refractivity contribution in [3.05, 3.63) is 0 Å². The van der Waals surface area contributed by atoms with E-state index in [1.165, 1.54) is 0 Å². The standard InChI is InChI=1S/C15H29N3O2S/c1-5-6-16-7-8-17-14(20)12-10-21-11-18(12)13(19)9-15(2,3)4/h12,16H,5-11H2,1-4H3,(H,17,20). The number of nitrogens with one attached hydrogen (secondary N) is 2. The highest BCUT2D eigenvalue weighted by Gasteiger charge is 2.35. The van der Waals surface area contributed by atoms with E-state index in [0.717, 1.165) is 19.5 Å². The maximum absolute atomic E-state index is 12.3. The Morgan fingerprint density at radius 2 is 1.95 bits per heavy atom. The minimum atomic E-state index is -0.309. The van der Waals surface area contributed by atoms with Crippen LogP contribution in [0.25, 0.3) is 0 Å². The Morgan fingerprint density at radius 3 is 2.57 bits per heavy atom. The summed E-state index contributed by atoms with van der Waals surface area (Å²) in [5.41, 5.74) is -0.0462. The highest BCUT2D eigenvalue weighted by atomic mass is 32.2. The van der Waals surface area contributed by atoms with Gasteiger partial charge in [-0.3, -0.25) is 9.59 Å². The molecule has 1 rings (SSSR count). The number of nitrogens with zero attached hydrogens (tertiary/aromatic N) is 1. The Kier molecular flexibility index (Phi) is 7.52. The quantitative estimate of drug-likeness (QED) is 0.698. The highest BCUT2D eigenvalue weighted by Crippen LogP contribution is 2.26. The number of hydrogen-bond acceptors (Lipinski definition) is 4. The van der Waals surface area contributed by atoms with Gasteiger partial charge in [0.1, 0.15) is 6.04 Å². The average Bonchev–Trinajstić information content (AvgIpc) is 2.85. The fourth-order valence-electron chi connectivity index (χ4n) is 2.15. The summed E-state index contributed by atoms with van der Waals surface area (Å²) in [4.78, 5) is 26.3. The van der Waals surface area contributed by atoms with Crippen LogP contribution in [0.2, 0.25) is 0 Å². The smallest absolute Gasteiger partial charge is 0.243 e. The summed E-state index contributed by atoms with van der Waals surface area (Å²) in [5, 5.41) is 6.17. The molecule has 0 radical (unpaired) electrons. The predicted molar refractivity (Wildman–Crippen MR) is 88.2 cm³/mol. The van der Waals surface area contributed by atoms with Gasteiger partial charge in [-0.05, 0) is 18.4 Å². The molecule has 1 atom stereocenters. The number of carbonyl (C=O) groups excluding carboxylic acids is 2. The van der Waals surface area contributed by atoms with Gasteiger partial charge in [0, 0.05) is 25.3 Å². The van der Waals surface area contributed by atoms with E-state index in [4.69, 9.17) is 0 Å². The summed E-state index contributed by atoms with van der Waals surface area (Å²) >= 11 is 1.65. The van der Waals surface area contributed by atoms with E-state index in [9.17, 15) is 9.59 Å². The molecule has 1 aliphatic rings. The minimum Gasteiger partial charge on any atom is -0.353 e. The van der Waals surface area contributed by atoms with Crippen molar-refractivity contribution in [2.45, 2.75) is 46.6 Å². The van der Waals surface area contributed by atoms with E-state index in [0.29, 0.717) is 24.6 Å². The van der Waals surface area contributed by atoms with Crippen LogP contribution >= 0.6 is 11.8 Å². The van der Waals surface area contributed by atoms with Gasteiger partial charge in [0.25, 0.3) is 0 Å². The maximum Gasteiger partial charge on any atom is 0.243 e. The van der Waals surface area contributed by atoms with Crippen LogP contribution in [0, 0.1) is 5.41 Å². The number of carbonyl (C=O) groups is 2. The van der Waals surface area contributed by atoms with Gasteiger partial charge in [0.2, 0.25) is 11.8 Å². The third kappa shape index (κ3) is 6.70. The van der Waals surface area contributed by atoms with E-state index < -0.39 is 0 Å². The molecule has 0 aromatic carbocycles. The molecule has 0 saturated carbocycles. The second-order valence-electron chi connectivity index (χ2n) is 6.66. The molecule has 1 unspecified atom stereocenters. The first-order chi connectivity index (χ1) is 9.85. The first-order valence-corrected chi connectivity index (χ1v) is 8.86. The van der Waals surface area contributed by atoms with Crippen molar-refractivity contribution in [2.75, 3.05) is 31.3 Å². The topological polar surface area (TPSA) is 61.4 Å². The van der Waals surface area contributed by atoms with Crippen LogP contribution in [0.4, 0.5) is 0 Å². The lowest BCUT2D eigenvalue weighted by molar-refractivity contribution is -0.139. The monoisotopic (exact) mass is 315 g/mol. The molecule has 5 nitrogen and oxygen atoms in total. The van der Waals surface area contributed by atoms with Crippen molar-refractivity contribution >= 4 is 23.6 Å². The zero-order chi connectivity index (χ0) is 15.9. The molecule has 21 heavy (non-hydrogen) atoms. The summed E-state index contributed by atoms with van der Waals surface area (Å²) in [6.45, 7) is 10.6. The van der Waals surface area contributed by atoms with Gasteiger partial charge in [-0.2, -0.15) is 0 Å². The van der Waals surface area contributed by atoms with Crippen LogP contribution < -0.4 is 10.6 Å². The molecule has 2 amide bonds. The SMILES string of the molecule is CCCNCCNC(=O)C1CSCN1C(=O)CC(C)(C)C. The minimum absolute atomic E-state index is 0.0273. The van der Waals surface area contributed by atoms with Crippen molar-refractivity contribution in [3.63, 3.8) is 0 Å². The Balaban J connectivity index is 2.41. The van der Waals surface area contributed by atoms with Crippen molar-refractivity contribution < 1.29 is 9.59 Å². The van der Waals surface area contributed by atoms with E-state index in [1.54, 1.807) is 16.7 Å². The molecule has 0 aliphatic carbocycles. The molecule has 6 heteroatoms. The van der Waals surface area contributed by atoms with Crippen molar-refractivity contribution in [3.8, 4) is 0 Å². The summed E-state index contributed by atoms with van der Waals surface area (Å²) in [6.07, 6.45) is 1.57. The molecule has 0 aromatic heterocycles. The van der Waals surface area contributed by atoms with Gasteiger partial charge in [0.05, 0.1) is 5.88 Å². The molecule has 0 spiro atoms. The molecule has 122 valence electrons. The summed E-state index contributed by atoms with van der Waals surface area (Å²) in [6, 6.07) is -0.309. The molecular formula is C15H29N3O2S. The molecule has 0 bridgehead atoms. The Bertz CT molecular complexity index is 355. The second kappa shape index (κ2) is 8.63. The number of amides is 2. The normalized spacial score (nSPS) is 18.9. The Morgan fingerprint density at radius 1 is 1.24 bits per heavy atom. The van der Waals surface area contributed by atoms with Crippen LogP contribution in [-0.2, 0) is 9.59 Å². The number of hydrogen-bond donors (Lipinski definition) is 2. The van der Waals surface area contributed by atoms with Crippen LogP contribution in [-0.4, -0.2) is 54.0 Å². The number of thioether (sulfide) groups is 1. The second-order valence-corrected chi connectivity index (χ2v) is 7.66. The van der Waals surface area contributed by atoms with Gasteiger partial charge in [-0.1, -0.05) is 27.7 Å². The molecule has 2 N–H and O–H groups in total. The Hall–Kier alpha value is -0.750. The van der Waals surface area contributed by atoms with E-state index >= 15 is 0 Å². The van der Waals surface area contributed by atoms with E-state index in [2.05, 4.69) is 17.6 Å². The first kappa shape index (κ1) is 18.3.